The Bertz CT molecular complexity index is 801. The van der Waals surface area contributed by atoms with Gasteiger partial charge in [-0.3, -0.25) is 9.89 Å². The molecule has 1 N–H and O–H groups in total. The Kier molecular flexibility index (Phi) is 4.59. The Morgan fingerprint density at radius 1 is 1.27 bits per heavy atom. The summed E-state index contributed by atoms with van der Waals surface area (Å²) < 4.78 is 24.9. The van der Waals surface area contributed by atoms with Gasteiger partial charge >= 0.3 is 0 Å². The van der Waals surface area contributed by atoms with Crippen molar-refractivity contribution in [3.05, 3.63) is 17.0 Å². The summed E-state index contributed by atoms with van der Waals surface area (Å²) >= 11 is 0. The van der Waals surface area contributed by atoms with E-state index in [1.807, 2.05) is 19.0 Å². The van der Waals surface area contributed by atoms with Crippen molar-refractivity contribution in [1.29, 1.82) is 0 Å². The quantitative estimate of drug-likeness (QED) is 0.817. The number of aryl methyl sites for hydroxylation is 2. The molecule has 2 fully saturated rings. The molecule has 3 heterocycles. The first kappa shape index (κ1) is 18.0. The van der Waals surface area contributed by atoms with Gasteiger partial charge in [-0.05, 0) is 45.3 Å². The third-order valence-corrected chi connectivity index (χ3v) is 8.63. The monoisotopic (exact) mass is 380 g/mol. The van der Waals surface area contributed by atoms with E-state index in [1.165, 1.54) is 24.1 Å². The lowest BCUT2D eigenvalue weighted by Crippen LogP contribution is -2.38. The number of aromatic nitrogens is 2. The normalized spacial score (nSPS) is 29.8. The zero-order valence-electron chi connectivity index (χ0n) is 15.6. The number of H-pyrrole nitrogens is 1. The number of nitrogens with zero attached hydrogens (tertiary/aromatic N) is 3. The molecular formula is C18H28N4O3S. The molecule has 7 nitrogen and oxygen atoms in total. The van der Waals surface area contributed by atoms with Crippen LogP contribution in [0.3, 0.4) is 0 Å². The Morgan fingerprint density at radius 3 is 2.81 bits per heavy atom. The summed E-state index contributed by atoms with van der Waals surface area (Å²) in [7, 11) is 0.741. The second-order valence-electron chi connectivity index (χ2n) is 8.20. The molecule has 3 atom stereocenters. The second kappa shape index (κ2) is 6.64. The van der Waals surface area contributed by atoms with Crippen LogP contribution in [0.1, 0.15) is 36.2 Å². The molecule has 1 aromatic rings. The Labute approximate surface area is 155 Å². The van der Waals surface area contributed by atoms with Crippen LogP contribution in [0.15, 0.2) is 0 Å². The molecule has 0 aromatic carbocycles. The van der Waals surface area contributed by atoms with Gasteiger partial charge in [0.2, 0.25) is 5.91 Å². The van der Waals surface area contributed by atoms with E-state index in [9.17, 15) is 13.2 Å². The maximum absolute atomic E-state index is 12.7. The lowest BCUT2D eigenvalue weighted by atomic mass is 9.94. The minimum Gasteiger partial charge on any atom is -0.341 e. The van der Waals surface area contributed by atoms with Gasteiger partial charge in [0.05, 0.1) is 16.7 Å². The molecule has 0 spiro atoms. The van der Waals surface area contributed by atoms with Crippen LogP contribution in [0.4, 0.5) is 0 Å². The number of aromatic amines is 1. The van der Waals surface area contributed by atoms with Crippen LogP contribution in [0, 0.1) is 5.92 Å². The molecule has 1 aromatic heterocycles. The maximum atomic E-state index is 12.7. The van der Waals surface area contributed by atoms with E-state index in [-0.39, 0.29) is 23.6 Å². The van der Waals surface area contributed by atoms with Crippen molar-refractivity contribution in [2.75, 3.05) is 32.9 Å². The molecule has 1 amide bonds. The predicted molar refractivity (Wildman–Crippen MR) is 98.7 cm³/mol. The Balaban J connectivity index is 1.40. The third-order valence-electron chi connectivity index (χ3n) is 6.40. The molecular weight excluding hydrogens is 352 g/mol. The summed E-state index contributed by atoms with van der Waals surface area (Å²) in [6.07, 6.45) is 5.53. The highest BCUT2D eigenvalue weighted by molar-refractivity contribution is 7.92. The Morgan fingerprint density at radius 2 is 2.04 bits per heavy atom. The van der Waals surface area contributed by atoms with Gasteiger partial charge in [0.15, 0.2) is 9.84 Å². The van der Waals surface area contributed by atoms with E-state index in [0.717, 1.165) is 18.5 Å². The highest BCUT2D eigenvalue weighted by Crippen LogP contribution is 2.36. The van der Waals surface area contributed by atoms with Crippen molar-refractivity contribution in [2.45, 2.75) is 49.8 Å². The zero-order chi connectivity index (χ0) is 18.5. The number of rotatable bonds is 4. The summed E-state index contributed by atoms with van der Waals surface area (Å²) in [4.78, 5) is 16.5. The molecule has 4 rings (SSSR count). The fourth-order valence-corrected chi connectivity index (χ4v) is 7.38. The molecule has 0 bridgehead atoms. The molecule has 8 heteroatoms. The number of hydrogen-bond acceptors (Lipinski definition) is 5. The van der Waals surface area contributed by atoms with Crippen molar-refractivity contribution in [3.63, 3.8) is 0 Å². The van der Waals surface area contributed by atoms with Crippen LogP contribution in [0.2, 0.25) is 0 Å². The fourth-order valence-electron chi connectivity index (χ4n) is 4.91. The van der Waals surface area contributed by atoms with E-state index in [0.29, 0.717) is 25.9 Å². The maximum Gasteiger partial charge on any atom is 0.223 e. The van der Waals surface area contributed by atoms with Crippen molar-refractivity contribution in [3.8, 4) is 0 Å². The Hall–Kier alpha value is -1.41. The standard InChI is InChI=1S/C18H28N4O3S/c1-21(2)16-11-26(24,25)17-10-22(9-13(16)17)18(23)8-7-15-12-5-3-4-6-14(12)19-20-15/h13,16-17H,3-11H2,1-2H3,(H,19,20)/t13-,16+,17-/m0/s1. The average molecular weight is 381 g/mol. The summed E-state index contributed by atoms with van der Waals surface area (Å²) in [6.45, 7) is 0.916. The third kappa shape index (κ3) is 3.07. The highest BCUT2D eigenvalue weighted by Gasteiger charge is 2.53. The number of carbonyl (C=O) groups is 1. The van der Waals surface area contributed by atoms with Gasteiger partial charge in [-0.25, -0.2) is 8.42 Å². The molecule has 0 saturated carbocycles. The van der Waals surface area contributed by atoms with Crippen LogP contribution in [-0.2, 0) is 33.9 Å². The summed E-state index contributed by atoms with van der Waals surface area (Å²) in [5, 5.41) is 7.14. The minimum atomic E-state index is -3.11. The van der Waals surface area contributed by atoms with Gasteiger partial charge in [-0.2, -0.15) is 5.10 Å². The van der Waals surface area contributed by atoms with Gasteiger partial charge in [0, 0.05) is 43.6 Å². The molecule has 3 aliphatic rings. The first-order chi connectivity index (χ1) is 12.4. The zero-order valence-corrected chi connectivity index (χ0v) is 16.4. The van der Waals surface area contributed by atoms with Crippen LogP contribution >= 0.6 is 0 Å². The number of likely N-dealkylation sites (tertiary alicyclic amines) is 1. The van der Waals surface area contributed by atoms with Gasteiger partial charge in [-0.15, -0.1) is 0 Å². The van der Waals surface area contributed by atoms with E-state index < -0.39 is 15.1 Å². The summed E-state index contributed by atoms with van der Waals surface area (Å²) in [5.41, 5.74) is 3.55. The second-order valence-corrected chi connectivity index (χ2v) is 10.5. The number of sulfone groups is 1. The first-order valence-electron chi connectivity index (χ1n) is 9.57. The van der Waals surface area contributed by atoms with Gasteiger partial charge in [-0.1, -0.05) is 0 Å². The van der Waals surface area contributed by atoms with Crippen molar-refractivity contribution in [1.82, 2.24) is 20.0 Å². The topological polar surface area (TPSA) is 86.4 Å². The predicted octanol–water partition coefficient (Wildman–Crippen LogP) is 0.407. The van der Waals surface area contributed by atoms with Gasteiger partial charge < -0.3 is 9.80 Å². The minimum absolute atomic E-state index is 0.0150. The van der Waals surface area contributed by atoms with E-state index >= 15 is 0 Å². The average Bonchev–Trinajstić information content (AvgIpc) is 3.27. The van der Waals surface area contributed by atoms with Crippen LogP contribution in [0.25, 0.3) is 0 Å². The lowest BCUT2D eigenvalue weighted by molar-refractivity contribution is -0.130. The van der Waals surface area contributed by atoms with E-state index in [2.05, 4.69) is 10.2 Å². The van der Waals surface area contributed by atoms with Crippen LogP contribution in [-0.4, -0.2) is 78.6 Å². The molecule has 2 saturated heterocycles. The van der Waals surface area contributed by atoms with Crippen molar-refractivity contribution in [2.24, 2.45) is 5.92 Å². The van der Waals surface area contributed by atoms with Gasteiger partial charge in [0.1, 0.15) is 0 Å². The van der Waals surface area contributed by atoms with Crippen molar-refractivity contribution >= 4 is 15.7 Å². The van der Waals surface area contributed by atoms with E-state index in [1.54, 1.807) is 4.90 Å². The fraction of sp³-hybridized carbons (Fsp3) is 0.778. The van der Waals surface area contributed by atoms with Crippen molar-refractivity contribution < 1.29 is 13.2 Å². The lowest BCUT2D eigenvalue weighted by Gasteiger charge is -2.25. The SMILES string of the molecule is CN(C)[C@@H]1CS(=O)(=O)[C@H]2CN(C(=O)CCc3n[nH]c4c3CCCC4)C[C@@H]12. The highest BCUT2D eigenvalue weighted by atomic mass is 32.2. The molecule has 2 aliphatic heterocycles. The largest absolute Gasteiger partial charge is 0.341 e. The molecule has 1 aliphatic carbocycles. The molecule has 0 unspecified atom stereocenters. The van der Waals surface area contributed by atoms with E-state index in [4.69, 9.17) is 0 Å². The van der Waals surface area contributed by atoms with Gasteiger partial charge in [0.25, 0.3) is 0 Å². The number of nitrogens with one attached hydrogen (secondary N) is 1. The summed E-state index contributed by atoms with van der Waals surface area (Å²) in [6, 6.07) is 0.0150. The number of fused-ring (bicyclic) bond motifs is 2. The number of amides is 1. The van der Waals surface area contributed by atoms with Crippen LogP contribution in [0.5, 0.6) is 0 Å². The summed E-state index contributed by atoms with van der Waals surface area (Å²) in [5.74, 6) is 0.313. The number of hydrogen-bond donors (Lipinski definition) is 1. The van der Waals surface area contributed by atoms with Crippen LogP contribution < -0.4 is 0 Å². The first-order valence-corrected chi connectivity index (χ1v) is 11.3. The molecule has 144 valence electrons. The molecule has 0 radical (unpaired) electrons. The number of carbonyl (C=O) groups excluding carboxylic acids is 1. The molecule has 26 heavy (non-hydrogen) atoms. The smallest absolute Gasteiger partial charge is 0.223 e.